The minimum atomic E-state index is -0.457. The number of primary amides is 1. The SMILES string of the molecule is Cc1ccc(-c2ccc3nc(C)c(C(N)=O)c(-c4ccc(CN(C)C5CCOCC5)cc4)c3c2)cc1. The van der Waals surface area contributed by atoms with Gasteiger partial charge >= 0.3 is 0 Å². The van der Waals surface area contributed by atoms with E-state index in [2.05, 4.69) is 79.5 Å². The summed E-state index contributed by atoms with van der Waals surface area (Å²) in [5.41, 5.74) is 14.4. The molecule has 0 unspecified atom stereocenters. The molecule has 0 aliphatic carbocycles. The number of nitrogens with zero attached hydrogens (tertiary/aromatic N) is 2. The topological polar surface area (TPSA) is 68.5 Å². The molecule has 36 heavy (non-hydrogen) atoms. The van der Waals surface area contributed by atoms with E-state index >= 15 is 0 Å². The van der Waals surface area contributed by atoms with Gasteiger partial charge < -0.3 is 10.5 Å². The number of aromatic nitrogens is 1. The molecular weight excluding hydrogens is 446 g/mol. The van der Waals surface area contributed by atoms with Crippen LogP contribution < -0.4 is 5.73 Å². The summed E-state index contributed by atoms with van der Waals surface area (Å²) in [6, 6.07) is 23.8. The van der Waals surface area contributed by atoms with Crippen LogP contribution in [0, 0.1) is 13.8 Å². The molecule has 3 aromatic carbocycles. The van der Waals surface area contributed by atoms with Gasteiger partial charge in [0.05, 0.1) is 16.8 Å². The number of pyridine rings is 1. The van der Waals surface area contributed by atoms with Gasteiger partial charge in [0.2, 0.25) is 0 Å². The third-order valence-electron chi connectivity index (χ3n) is 7.29. The maximum Gasteiger partial charge on any atom is 0.251 e. The standard InChI is InChI=1S/C31H33N3O2/c1-20-4-8-23(9-5-20)25-12-13-28-27(18-25)30(29(31(32)35)21(2)33-28)24-10-6-22(7-11-24)19-34(3)26-14-16-36-17-15-26/h4-13,18,26H,14-17,19H2,1-3H3,(H2,32,35). The summed E-state index contributed by atoms with van der Waals surface area (Å²) in [4.78, 5) is 19.7. The van der Waals surface area contributed by atoms with Crippen LogP contribution in [0.5, 0.6) is 0 Å². The highest BCUT2D eigenvalue weighted by molar-refractivity contribution is 6.09. The molecule has 2 heterocycles. The summed E-state index contributed by atoms with van der Waals surface area (Å²) >= 11 is 0. The first-order valence-corrected chi connectivity index (χ1v) is 12.6. The van der Waals surface area contributed by atoms with Gasteiger partial charge in [0.25, 0.3) is 5.91 Å². The Hall–Kier alpha value is -3.54. The highest BCUT2D eigenvalue weighted by Gasteiger charge is 2.21. The van der Waals surface area contributed by atoms with Crippen molar-refractivity contribution in [3.05, 3.63) is 89.1 Å². The fourth-order valence-electron chi connectivity index (χ4n) is 5.23. The lowest BCUT2D eigenvalue weighted by Crippen LogP contribution is -2.36. The molecule has 1 aliphatic rings. The number of fused-ring (bicyclic) bond motifs is 1. The van der Waals surface area contributed by atoms with Crippen molar-refractivity contribution in [3.63, 3.8) is 0 Å². The summed E-state index contributed by atoms with van der Waals surface area (Å²) < 4.78 is 5.51. The molecule has 0 radical (unpaired) electrons. The Bertz CT molecular complexity index is 1390. The quantitative estimate of drug-likeness (QED) is 0.374. The predicted octanol–water partition coefficient (Wildman–Crippen LogP) is 5.90. The van der Waals surface area contributed by atoms with E-state index in [0.29, 0.717) is 17.3 Å². The van der Waals surface area contributed by atoms with Crippen molar-refractivity contribution < 1.29 is 9.53 Å². The maximum absolute atomic E-state index is 12.6. The number of ether oxygens (including phenoxy) is 1. The predicted molar refractivity (Wildman–Crippen MR) is 146 cm³/mol. The van der Waals surface area contributed by atoms with Gasteiger partial charge in [-0.2, -0.15) is 0 Å². The second-order valence-corrected chi connectivity index (χ2v) is 9.87. The molecule has 184 valence electrons. The Morgan fingerprint density at radius 2 is 1.58 bits per heavy atom. The van der Waals surface area contributed by atoms with Gasteiger partial charge in [0.1, 0.15) is 0 Å². The van der Waals surface area contributed by atoms with Crippen LogP contribution in [0.3, 0.4) is 0 Å². The van der Waals surface area contributed by atoms with E-state index in [9.17, 15) is 4.79 Å². The van der Waals surface area contributed by atoms with Crippen molar-refractivity contribution in [2.45, 2.75) is 39.3 Å². The Kier molecular flexibility index (Phi) is 6.86. The number of carbonyl (C=O) groups excluding carboxylic acids is 1. The van der Waals surface area contributed by atoms with E-state index in [4.69, 9.17) is 15.5 Å². The Morgan fingerprint density at radius 1 is 0.944 bits per heavy atom. The summed E-state index contributed by atoms with van der Waals surface area (Å²) in [6.07, 6.45) is 2.14. The molecule has 0 atom stereocenters. The highest BCUT2D eigenvalue weighted by atomic mass is 16.5. The normalized spacial score (nSPS) is 14.4. The summed E-state index contributed by atoms with van der Waals surface area (Å²) in [7, 11) is 2.18. The molecule has 0 spiro atoms. The monoisotopic (exact) mass is 479 g/mol. The first kappa shape index (κ1) is 24.2. The van der Waals surface area contributed by atoms with Gasteiger partial charge in [-0.15, -0.1) is 0 Å². The van der Waals surface area contributed by atoms with Crippen molar-refractivity contribution >= 4 is 16.8 Å². The molecule has 5 nitrogen and oxygen atoms in total. The van der Waals surface area contributed by atoms with E-state index in [0.717, 1.165) is 65.8 Å². The fourth-order valence-corrected chi connectivity index (χ4v) is 5.23. The molecule has 1 fully saturated rings. The van der Waals surface area contributed by atoms with Crippen LogP contribution in [-0.2, 0) is 11.3 Å². The molecule has 1 saturated heterocycles. The lowest BCUT2D eigenvalue weighted by molar-refractivity contribution is 0.0407. The number of aryl methyl sites for hydroxylation is 2. The van der Waals surface area contributed by atoms with E-state index in [-0.39, 0.29) is 0 Å². The van der Waals surface area contributed by atoms with E-state index in [1.54, 1.807) is 0 Å². The minimum absolute atomic E-state index is 0.457. The number of amides is 1. The molecule has 2 N–H and O–H groups in total. The zero-order valence-electron chi connectivity index (χ0n) is 21.3. The maximum atomic E-state index is 12.6. The lowest BCUT2D eigenvalue weighted by Gasteiger charge is -2.31. The average molecular weight is 480 g/mol. The summed E-state index contributed by atoms with van der Waals surface area (Å²) in [5, 5.41) is 0.930. The van der Waals surface area contributed by atoms with Crippen molar-refractivity contribution in [2.24, 2.45) is 5.73 Å². The molecule has 0 saturated carbocycles. The third kappa shape index (κ3) is 4.90. The largest absolute Gasteiger partial charge is 0.381 e. The van der Waals surface area contributed by atoms with Crippen molar-refractivity contribution in [1.29, 1.82) is 0 Å². The summed E-state index contributed by atoms with van der Waals surface area (Å²) in [5.74, 6) is -0.457. The van der Waals surface area contributed by atoms with E-state index < -0.39 is 5.91 Å². The molecular formula is C31H33N3O2. The molecule has 4 aromatic rings. The molecule has 1 aliphatic heterocycles. The van der Waals surface area contributed by atoms with E-state index in [1.165, 1.54) is 11.1 Å². The van der Waals surface area contributed by atoms with Crippen molar-refractivity contribution in [1.82, 2.24) is 9.88 Å². The third-order valence-corrected chi connectivity index (χ3v) is 7.29. The second-order valence-electron chi connectivity index (χ2n) is 9.87. The lowest BCUT2D eigenvalue weighted by atomic mass is 9.91. The number of hydrogen-bond acceptors (Lipinski definition) is 4. The smallest absolute Gasteiger partial charge is 0.251 e. The van der Waals surface area contributed by atoms with Crippen LogP contribution in [0.1, 0.15) is 40.0 Å². The Morgan fingerprint density at radius 3 is 2.25 bits per heavy atom. The molecule has 1 amide bonds. The number of benzene rings is 3. The van der Waals surface area contributed by atoms with Crippen LogP contribution in [0.25, 0.3) is 33.2 Å². The van der Waals surface area contributed by atoms with Gasteiger partial charge in [-0.1, -0.05) is 60.2 Å². The highest BCUT2D eigenvalue weighted by Crippen LogP contribution is 2.35. The first-order chi connectivity index (χ1) is 17.4. The fraction of sp³-hybridized carbons (Fsp3) is 0.290. The number of hydrogen-bond donors (Lipinski definition) is 1. The number of carbonyl (C=O) groups is 1. The van der Waals surface area contributed by atoms with Gasteiger partial charge in [-0.25, -0.2) is 0 Å². The average Bonchev–Trinajstić information content (AvgIpc) is 2.89. The van der Waals surface area contributed by atoms with Crippen molar-refractivity contribution in [2.75, 3.05) is 20.3 Å². The van der Waals surface area contributed by atoms with Gasteiger partial charge in [0.15, 0.2) is 0 Å². The Labute approximate surface area is 212 Å². The van der Waals surface area contributed by atoms with Crippen molar-refractivity contribution in [3.8, 4) is 22.3 Å². The van der Waals surface area contributed by atoms with Crippen LogP contribution in [0.15, 0.2) is 66.7 Å². The molecule has 5 rings (SSSR count). The molecule has 5 heteroatoms. The van der Waals surface area contributed by atoms with Crippen LogP contribution in [0.4, 0.5) is 0 Å². The zero-order valence-corrected chi connectivity index (χ0v) is 21.3. The zero-order chi connectivity index (χ0) is 25.2. The van der Waals surface area contributed by atoms with Crippen LogP contribution >= 0.6 is 0 Å². The van der Waals surface area contributed by atoms with Gasteiger partial charge in [0, 0.05) is 36.8 Å². The minimum Gasteiger partial charge on any atom is -0.381 e. The molecule has 1 aromatic heterocycles. The van der Waals surface area contributed by atoms with Gasteiger partial charge in [-0.05, 0) is 68.1 Å². The van der Waals surface area contributed by atoms with Crippen LogP contribution in [0.2, 0.25) is 0 Å². The number of rotatable bonds is 6. The Balaban J connectivity index is 1.56. The number of nitrogens with two attached hydrogens (primary N) is 1. The second kappa shape index (κ2) is 10.2. The van der Waals surface area contributed by atoms with E-state index in [1.807, 2.05) is 13.0 Å². The molecule has 0 bridgehead atoms. The summed E-state index contributed by atoms with van der Waals surface area (Å²) in [6.45, 7) is 6.49. The van der Waals surface area contributed by atoms with Gasteiger partial charge in [-0.3, -0.25) is 14.7 Å². The van der Waals surface area contributed by atoms with Crippen LogP contribution in [-0.4, -0.2) is 42.1 Å². The first-order valence-electron chi connectivity index (χ1n) is 12.6.